The lowest BCUT2D eigenvalue weighted by Crippen LogP contribution is -2.31. The van der Waals surface area contributed by atoms with E-state index in [0.29, 0.717) is 39.6 Å². The van der Waals surface area contributed by atoms with Crippen molar-refractivity contribution in [3.05, 3.63) is 60.2 Å². The zero-order chi connectivity index (χ0) is 17.9. The van der Waals surface area contributed by atoms with E-state index < -0.39 is 0 Å². The molecule has 0 atom stereocenters. The Bertz CT molecular complexity index is 600. The van der Waals surface area contributed by atoms with Gasteiger partial charge in [-0.25, -0.2) is 0 Å². The Morgan fingerprint density at radius 3 is 1.73 bits per heavy atom. The number of ether oxygens (including phenoxy) is 4. The summed E-state index contributed by atoms with van der Waals surface area (Å²) in [4.78, 5) is 2.35. The molecule has 5 nitrogen and oxygen atoms in total. The van der Waals surface area contributed by atoms with Gasteiger partial charge in [0.1, 0.15) is 13.2 Å². The summed E-state index contributed by atoms with van der Waals surface area (Å²) in [5, 5.41) is 0. The van der Waals surface area contributed by atoms with Gasteiger partial charge in [0.2, 0.25) is 0 Å². The maximum Gasteiger partial charge on any atom is 0.161 e. The highest BCUT2D eigenvalue weighted by Gasteiger charge is 2.08. The van der Waals surface area contributed by atoms with Gasteiger partial charge in [0.15, 0.2) is 11.5 Å². The lowest BCUT2D eigenvalue weighted by molar-refractivity contribution is 0.0575. The third-order valence-electron chi connectivity index (χ3n) is 4.17. The molecule has 3 rings (SSSR count). The lowest BCUT2D eigenvalue weighted by atomic mass is 10.2. The summed E-state index contributed by atoms with van der Waals surface area (Å²) >= 11 is 0. The van der Waals surface area contributed by atoms with Crippen LogP contribution in [0.5, 0.6) is 11.5 Å². The summed E-state index contributed by atoms with van der Waals surface area (Å²) in [6.07, 6.45) is 0. The first-order valence-corrected chi connectivity index (χ1v) is 9.18. The van der Waals surface area contributed by atoms with E-state index in [9.17, 15) is 0 Å². The van der Waals surface area contributed by atoms with Crippen molar-refractivity contribution in [3.8, 4) is 11.5 Å². The van der Waals surface area contributed by atoms with E-state index in [1.54, 1.807) is 0 Å². The summed E-state index contributed by atoms with van der Waals surface area (Å²) in [6.45, 7) is 6.12. The second-order valence-electron chi connectivity index (χ2n) is 6.13. The van der Waals surface area contributed by atoms with E-state index in [4.69, 9.17) is 18.9 Å². The summed E-state index contributed by atoms with van der Waals surface area (Å²) in [6, 6.07) is 18.2. The first kappa shape index (κ1) is 18.7. The van der Waals surface area contributed by atoms with Crippen LogP contribution in [0.2, 0.25) is 0 Å². The fraction of sp³-hybridized carbons (Fsp3) is 0.429. The van der Waals surface area contributed by atoms with Crippen LogP contribution in [0.1, 0.15) is 5.56 Å². The topological polar surface area (TPSA) is 40.2 Å². The third kappa shape index (κ3) is 6.33. The maximum absolute atomic E-state index is 5.78. The zero-order valence-corrected chi connectivity index (χ0v) is 15.1. The minimum Gasteiger partial charge on any atom is -0.487 e. The normalized spacial score (nSPS) is 17.8. The highest BCUT2D eigenvalue weighted by molar-refractivity contribution is 5.39. The van der Waals surface area contributed by atoms with Gasteiger partial charge in [0.05, 0.1) is 26.4 Å². The molecule has 1 heterocycles. The Morgan fingerprint density at radius 2 is 1.15 bits per heavy atom. The molecule has 0 saturated carbocycles. The van der Waals surface area contributed by atoms with Crippen molar-refractivity contribution in [1.82, 2.24) is 4.90 Å². The van der Waals surface area contributed by atoms with Crippen LogP contribution in [-0.4, -0.2) is 57.6 Å². The van der Waals surface area contributed by atoms with Gasteiger partial charge >= 0.3 is 0 Å². The average Bonchev–Trinajstić information content (AvgIpc) is 2.68. The second kappa shape index (κ2) is 10.8. The molecule has 0 N–H and O–H groups in total. The molecule has 0 saturated heterocycles. The van der Waals surface area contributed by atoms with Crippen molar-refractivity contribution in [3.63, 3.8) is 0 Å². The number of hydrogen-bond acceptors (Lipinski definition) is 5. The van der Waals surface area contributed by atoms with Crippen LogP contribution >= 0.6 is 0 Å². The Balaban J connectivity index is 1.53. The average molecular weight is 357 g/mol. The highest BCUT2D eigenvalue weighted by Crippen LogP contribution is 2.26. The van der Waals surface area contributed by atoms with Crippen LogP contribution in [-0.2, 0) is 16.0 Å². The first-order valence-electron chi connectivity index (χ1n) is 9.18. The summed E-state index contributed by atoms with van der Waals surface area (Å²) in [7, 11) is 0. The van der Waals surface area contributed by atoms with Crippen molar-refractivity contribution < 1.29 is 18.9 Å². The van der Waals surface area contributed by atoms with E-state index in [0.717, 1.165) is 31.1 Å². The number of rotatable bonds is 2. The quantitative estimate of drug-likeness (QED) is 0.826. The van der Waals surface area contributed by atoms with Gasteiger partial charge in [0, 0.05) is 19.6 Å². The van der Waals surface area contributed by atoms with Gasteiger partial charge in [0.25, 0.3) is 0 Å². The standard InChI is InChI=1S/C21H27NO4/c1-2-6-19(7-3-1)18-22-10-12-23-14-16-25-20-8-4-5-9-21(20)26-17-15-24-13-11-22/h1-9H,10-18H2. The number of hydrogen-bond donors (Lipinski definition) is 0. The van der Waals surface area contributed by atoms with Gasteiger partial charge in [-0.2, -0.15) is 0 Å². The van der Waals surface area contributed by atoms with Crippen LogP contribution in [0.25, 0.3) is 0 Å². The van der Waals surface area contributed by atoms with Gasteiger partial charge in [-0.1, -0.05) is 42.5 Å². The minimum atomic E-state index is 0.509. The van der Waals surface area contributed by atoms with E-state index in [2.05, 4.69) is 29.2 Å². The van der Waals surface area contributed by atoms with Crippen molar-refractivity contribution in [1.29, 1.82) is 0 Å². The molecule has 2 aromatic rings. The molecule has 5 heteroatoms. The molecule has 26 heavy (non-hydrogen) atoms. The molecule has 2 aromatic carbocycles. The van der Waals surface area contributed by atoms with E-state index in [1.807, 2.05) is 30.3 Å². The van der Waals surface area contributed by atoms with Crippen LogP contribution in [0.15, 0.2) is 54.6 Å². The van der Waals surface area contributed by atoms with Crippen molar-refractivity contribution in [2.24, 2.45) is 0 Å². The monoisotopic (exact) mass is 357 g/mol. The third-order valence-corrected chi connectivity index (χ3v) is 4.17. The Hall–Kier alpha value is -2.08. The number of nitrogens with zero attached hydrogens (tertiary/aromatic N) is 1. The summed E-state index contributed by atoms with van der Waals surface area (Å²) in [5.41, 5.74) is 1.30. The Morgan fingerprint density at radius 1 is 0.615 bits per heavy atom. The molecule has 0 spiro atoms. The van der Waals surface area contributed by atoms with Gasteiger partial charge in [-0.05, 0) is 17.7 Å². The number of benzene rings is 2. The van der Waals surface area contributed by atoms with E-state index in [1.165, 1.54) is 5.56 Å². The van der Waals surface area contributed by atoms with Crippen molar-refractivity contribution in [2.75, 3.05) is 52.7 Å². The molecular weight excluding hydrogens is 330 g/mol. The first-order chi connectivity index (χ1) is 12.9. The Kier molecular flexibility index (Phi) is 7.78. The maximum atomic E-state index is 5.78. The molecule has 0 aromatic heterocycles. The van der Waals surface area contributed by atoms with Gasteiger partial charge in [-0.3, -0.25) is 4.90 Å². The molecular formula is C21H27NO4. The van der Waals surface area contributed by atoms with Crippen LogP contribution in [0.4, 0.5) is 0 Å². The molecule has 0 radical (unpaired) electrons. The molecule has 0 amide bonds. The van der Waals surface area contributed by atoms with Crippen LogP contribution in [0.3, 0.4) is 0 Å². The van der Waals surface area contributed by atoms with Crippen LogP contribution in [0, 0.1) is 0 Å². The van der Waals surface area contributed by atoms with Crippen LogP contribution < -0.4 is 9.47 Å². The SMILES string of the molecule is c1ccc(CN2CCOCCOc3ccccc3OCCOCC2)cc1. The molecule has 0 aliphatic carbocycles. The number of para-hydroxylation sites is 2. The van der Waals surface area contributed by atoms with Gasteiger partial charge < -0.3 is 18.9 Å². The molecule has 140 valence electrons. The number of fused-ring (bicyclic) bond motifs is 1. The summed E-state index contributed by atoms with van der Waals surface area (Å²) in [5.74, 6) is 1.49. The van der Waals surface area contributed by atoms with E-state index >= 15 is 0 Å². The predicted molar refractivity (Wildman–Crippen MR) is 101 cm³/mol. The second-order valence-corrected chi connectivity index (χ2v) is 6.13. The molecule has 1 aliphatic heterocycles. The molecule has 0 unspecified atom stereocenters. The molecule has 0 fully saturated rings. The van der Waals surface area contributed by atoms with E-state index in [-0.39, 0.29) is 0 Å². The predicted octanol–water partition coefficient (Wildman–Crippen LogP) is 2.99. The van der Waals surface area contributed by atoms with Gasteiger partial charge in [-0.15, -0.1) is 0 Å². The van der Waals surface area contributed by atoms with Crippen molar-refractivity contribution in [2.45, 2.75) is 6.54 Å². The fourth-order valence-corrected chi connectivity index (χ4v) is 2.81. The summed E-state index contributed by atoms with van der Waals surface area (Å²) < 4.78 is 23.1. The zero-order valence-electron chi connectivity index (χ0n) is 15.1. The smallest absolute Gasteiger partial charge is 0.161 e. The fourth-order valence-electron chi connectivity index (χ4n) is 2.81. The largest absolute Gasteiger partial charge is 0.487 e. The Labute approximate surface area is 155 Å². The van der Waals surface area contributed by atoms with Crippen molar-refractivity contribution >= 4 is 0 Å². The molecule has 0 bridgehead atoms. The highest BCUT2D eigenvalue weighted by atomic mass is 16.6. The lowest BCUT2D eigenvalue weighted by Gasteiger charge is -2.22. The molecule has 1 aliphatic rings. The minimum absolute atomic E-state index is 0.509.